The summed E-state index contributed by atoms with van der Waals surface area (Å²) in [7, 11) is 0. The Morgan fingerprint density at radius 2 is 1.83 bits per heavy atom. The number of aromatic hydroxyl groups is 1. The summed E-state index contributed by atoms with van der Waals surface area (Å²) in [5.41, 5.74) is 2.22. The second-order valence-corrected chi connectivity index (χ2v) is 7.39. The molecule has 2 aromatic carbocycles. The summed E-state index contributed by atoms with van der Waals surface area (Å²) in [6, 6.07) is 16.2. The van der Waals surface area contributed by atoms with E-state index in [1.54, 1.807) is 0 Å². The first-order chi connectivity index (χ1) is 14.2. The Morgan fingerprint density at radius 3 is 2.66 bits per heavy atom. The Labute approximate surface area is 171 Å². The number of phenols is 1. The van der Waals surface area contributed by atoms with Gasteiger partial charge in [0.2, 0.25) is 0 Å². The van der Waals surface area contributed by atoms with Crippen molar-refractivity contribution in [1.29, 1.82) is 0 Å². The molecule has 0 bridgehead atoms. The van der Waals surface area contributed by atoms with Gasteiger partial charge in [0.15, 0.2) is 11.5 Å². The number of para-hydroxylation sites is 1. The van der Waals surface area contributed by atoms with Gasteiger partial charge in [-0.2, -0.15) is 0 Å². The molecule has 1 aliphatic heterocycles. The fourth-order valence-corrected chi connectivity index (χ4v) is 3.88. The normalized spacial score (nSPS) is 14.4. The topological polar surface area (TPSA) is 63.4 Å². The average molecular weight is 393 g/mol. The lowest BCUT2D eigenvalue weighted by Crippen LogP contribution is -2.26. The van der Waals surface area contributed by atoms with Crippen molar-refractivity contribution >= 4 is 0 Å². The molecular weight excluding hydrogens is 364 g/mol. The Kier molecular flexibility index (Phi) is 6.10. The minimum absolute atomic E-state index is 0.251. The zero-order valence-electron chi connectivity index (χ0n) is 16.9. The Hall–Kier alpha value is -2.86. The third kappa shape index (κ3) is 4.59. The first kappa shape index (κ1) is 19.5. The average Bonchev–Trinajstić information content (AvgIpc) is 3.02. The molecule has 1 aliphatic rings. The standard InChI is InChI=1S/C23H28N4O2/c1-2-29-20-10-6-9-19(23(20)28)17-26-14-13-22-25-24-21(27(22)16-15-26)12-11-18-7-4-3-5-8-18/h3-10,28H,2,11-17H2,1H3. The number of phenolic OH excluding ortho intramolecular Hbond substituents is 1. The van der Waals surface area contributed by atoms with E-state index in [2.05, 4.69) is 43.9 Å². The molecule has 4 rings (SSSR count). The van der Waals surface area contributed by atoms with Crippen LogP contribution in [0.1, 0.15) is 29.7 Å². The van der Waals surface area contributed by atoms with Gasteiger partial charge in [0.25, 0.3) is 0 Å². The first-order valence-corrected chi connectivity index (χ1v) is 10.4. The molecule has 0 saturated carbocycles. The van der Waals surface area contributed by atoms with Gasteiger partial charge in [0.05, 0.1) is 6.61 Å². The predicted molar refractivity (Wildman–Crippen MR) is 112 cm³/mol. The number of ether oxygens (including phenoxy) is 1. The summed E-state index contributed by atoms with van der Waals surface area (Å²) in [5.74, 6) is 2.93. The molecule has 1 aromatic heterocycles. The lowest BCUT2D eigenvalue weighted by molar-refractivity contribution is 0.263. The summed E-state index contributed by atoms with van der Waals surface area (Å²) in [6.45, 7) is 5.84. The van der Waals surface area contributed by atoms with Crippen LogP contribution in [0.3, 0.4) is 0 Å². The first-order valence-electron chi connectivity index (χ1n) is 10.4. The van der Waals surface area contributed by atoms with Crippen LogP contribution < -0.4 is 4.74 Å². The van der Waals surface area contributed by atoms with Crippen molar-refractivity contribution in [1.82, 2.24) is 19.7 Å². The third-order valence-corrected chi connectivity index (χ3v) is 5.45. The van der Waals surface area contributed by atoms with Crippen LogP contribution in [-0.4, -0.2) is 44.5 Å². The number of fused-ring (bicyclic) bond motifs is 1. The number of hydrogen-bond acceptors (Lipinski definition) is 5. The van der Waals surface area contributed by atoms with Crippen molar-refractivity contribution in [2.75, 3.05) is 19.7 Å². The molecule has 29 heavy (non-hydrogen) atoms. The molecule has 0 amide bonds. The summed E-state index contributed by atoms with van der Waals surface area (Å²) in [6.07, 6.45) is 2.74. The van der Waals surface area contributed by atoms with Crippen molar-refractivity contribution < 1.29 is 9.84 Å². The Bertz CT molecular complexity index is 939. The zero-order chi connectivity index (χ0) is 20.1. The van der Waals surface area contributed by atoms with Crippen LogP contribution in [0.5, 0.6) is 11.5 Å². The van der Waals surface area contributed by atoms with Gasteiger partial charge in [-0.25, -0.2) is 0 Å². The van der Waals surface area contributed by atoms with Crippen molar-refractivity contribution in [3.63, 3.8) is 0 Å². The van der Waals surface area contributed by atoms with Crippen LogP contribution >= 0.6 is 0 Å². The van der Waals surface area contributed by atoms with Crippen molar-refractivity contribution in [3.05, 3.63) is 71.3 Å². The molecule has 0 unspecified atom stereocenters. The quantitative estimate of drug-likeness (QED) is 0.669. The van der Waals surface area contributed by atoms with Gasteiger partial charge in [-0.15, -0.1) is 10.2 Å². The maximum absolute atomic E-state index is 10.5. The summed E-state index contributed by atoms with van der Waals surface area (Å²) in [5, 5.41) is 19.4. The fraction of sp³-hybridized carbons (Fsp3) is 0.391. The second kappa shape index (κ2) is 9.09. The van der Waals surface area contributed by atoms with Gasteiger partial charge < -0.3 is 14.4 Å². The highest BCUT2D eigenvalue weighted by Gasteiger charge is 2.20. The number of benzene rings is 2. The van der Waals surface area contributed by atoms with E-state index < -0.39 is 0 Å². The molecule has 0 spiro atoms. The number of hydrogen-bond donors (Lipinski definition) is 1. The van der Waals surface area contributed by atoms with E-state index in [1.165, 1.54) is 5.56 Å². The SMILES string of the molecule is CCOc1cccc(CN2CCc3nnc(CCc4ccccc4)n3CC2)c1O. The highest BCUT2D eigenvalue weighted by Crippen LogP contribution is 2.30. The molecule has 152 valence electrons. The Morgan fingerprint density at radius 1 is 0.966 bits per heavy atom. The van der Waals surface area contributed by atoms with Gasteiger partial charge in [0.1, 0.15) is 11.6 Å². The molecule has 3 aromatic rings. The maximum Gasteiger partial charge on any atom is 0.162 e. The van der Waals surface area contributed by atoms with Crippen LogP contribution in [-0.2, 0) is 32.4 Å². The lowest BCUT2D eigenvalue weighted by Gasteiger charge is -2.21. The largest absolute Gasteiger partial charge is 0.504 e. The van der Waals surface area contributed by atoms with E-state index in [0.717, 1.165) is 56.1 Å². The molecule has 0 atom stereocenters. The fourth-order valence-electron chi connectivity index (χ4n) is 3.88. The molecule has 0 fully saturated rings. The monoisotopic (exact) mass is 392 g/mol. The van der Waals surface area contributed by atoms with Gasteiger partial charge in [-0.05, 0) is 25.0 Å². The number of nitrogens with zero attached hydrogens (tertiary/aromatic N) is 4. The van der Waals surface area contributed by atoms with E-state index in [-0.39, 0.29) is 5.75 Å². The molecule has 6 heteroatoms. The lowest BCUT2D eigenvalue weighted by atomic mass is 10.1. The van der Waals surface area contributed by atoms with Crippen molar-refractivity contribution in [2.24, 2.45) is 0 Å². The predicted octanol–water partition coefficient (Wildman–Crippen LogP) is 3.23. The van der Waals surface area contributed by atoms with E-state index in [0.29, 0.717) is 18.9 Å². The molecular formula is C23H28N4O2. The van der Waals surface area contributed by atoms with Crippen molar-refractivity contribution in [2.45, 2.75) is 39.3 Å². The van der Waals surface area contributed by atoms with Gasteiger partial charge in [-0.1, -0.05) is 42.5 Å². The van der Waals surface area contributed by atoms with E-state index >= 15 is 0 Å². The van der Waals surface area contributed by atoms with Crippen LogP contribution in [0.15, 0.2) is 48.5 Å². The van der Waals surface area contributed by atoms with Crippen molar-refractivity contribution in [3.8, 4) is 11.5 Å². The van der Waals surface area contributed by atoms with Gasteiger partial charge >= 0.3 is 0 Å². The second-order valence-electron chi connectivity index (χ2n) is 7.39. The number of rotatable bonds is 7. The third-order valence-electron chi connectivity index (χ3n) is 5.45. The highest BCUT2D eigenvalue weighted by molar-refractivity contribution is 5.45. The van der Waals surface area contributed by atoms with Crippen LogP contribution in [0.4, 0.5) is 0 Å². The number of aromatic nitrogens is 3. The smallest absolute Gasteiger partial charge is 0.162 e. The summed E-state index contributed by atoms with van der Waals surface area (Å²) >= 11 is 0. The molecule has 1 N–H and O–H groups in total. The minimum Gasteiger partial charge on any atom is -0.504 e. The van der Waals surface area contributed by atoms with Crippen LogP contribution in [0.2, 0.25) is 0 Å². The van der Waals surface area contributed by atoms with Gasteiger partial charge in [-0.3, -0.25) is 4.90 Å². The molecule has 2 heterocycles. The Balaban J connectivity index is 1.40. The highest BCUT2D eigenvalue weighted by atomic mass is 16.5. The van der Waals surface area contributed by atoms with E-state index in [4.69, 9.17) is 4.74 Å². The number of aryl methyl sites for hydroxylation is 2. The zero-order valence-corrected chi connectivity index (χ0v) is 16.9. The van der Waals surface area contributed by atoms with E-state index in [1.807, 2.05) is 31.2 Å². The summed E-state index contributed by atoms with van der Waals surface area (Å²) in [4.78, 5) is 2.36. The van der Waals surface area contributed by atoms with Gasteiger partial charge in [0, 0.05) is 44.6 Å². The molecule has 0 saturated heterocycles. The maximum atomic E-state index is 10.5. The van der Waals surface area contributed by atoms with E-state index in [9.17, 15) is 5.11 Å². The molecule has 0 aliphatic carbocycles. The van der Waals surface area contributed by atoms with Crippen LogP contribution in [0.25, 0.3) is 0 Å². The minimum atomic E-state index is 0.251. The molecule has 6 nitrogen and oxygen atoms in total. The van der Waals surface area contributed by atoms with Crippen LogP contribution in [0, 0.1) is 0 Å². The molecule has 0 radical (unpaired) electrons. The summed E-state index contributed by atoms with van der Waals surface area (Å²) < 4.78 is 7.79.